The third kappa shape index (κ3) is 4.18. The molecule has 0 aliphatic carbocycles. The Morgan fingerprint density at radius 3 is 2.78 bits per heavy atom. The zero-order valence-corrected chi connectivity index (χ0v) is 19.8. The van der Waals surface area contributed by atoms with E-state index in [1.165, 1.54) is 6.07 Å². The van der Waals surface area contributed by atoms with E-state index >= 15 is 0 Å². The number of anilines is 1. The van der Waals surface area contributed by atoms with Crippen LogP contribution >= 0.6 is 0 Å². The molecule has 0 fully saturated rings. The van der Waals surface area contributed by atoms with Gasteiger partial charge in [0.25, 0.3) is 0 Å². The summed E-state index contributed by atoms with van der Waals surface area (Å²) in [4.78, 5) is 33.2. The van der Waals surface area contributed by atoms with E-state index in [-0.39, 0.29) is 11.7 Å². The van der Waals surface area contributed by atoms with Gasteiger partial charge in [-0.25, -0.2) is 9.37 Å². The fourth-order valence-corrected chi connectivity index (χ4v) is 4.25. The number of H-pyrrole nitrogens is 2. The van der Waals surface area contributed by atoms with E-state index in [1.54, 1.807) is 49.1 Å². The normalized spacial score (nSPS) is 11.3. The molecule has 0 atom stereocenters. The maximum Gasteiger partial charge on any atom is 0.224 e. The number of carbonyl (C=O) groups is 1. The fourth-order valence-electron chi connectivity index (χ4n) is 4.25. The largest absolute Gasteiger partial charge is 0.336 e. The molecule has 0 aliphatic heterocycles. The number of hydrogen-bond acceptors (Lipinski definition) is 6. The quantitative estimate of drug-likeness (QED) is 0.282. The first-order valence-electron chi connectivity index (χ1n) is 11.8. The standard InChI is InChI=1S/C27H21FN8O/c1-2-5-23(37)32-16-10-15(12-29-13-16)21-11-18-22(14-31-21)35-36-25(18)27-33-20-8-9-30-24(26(20)34-27)17-6-3-4-7-19(17)28/h3-4,6-14H,2,5H2,1H3,(H,32,37)(H,33,34)(H,35,36). The number of nitrogens with one attached hydrogen (secondary N) is 3. The molecule has 0 unspecified atom stereocenters. The topological polar surface area (TPSA) is 125 Å². The van der Waals surface area contributed by atoms with Gasteiger partial charge in [-0.1, -0.05) is 19.1 Å². The van der Waals surface area contributed by atoms with Crippen molar-refractivity contribution in [3.63, 3.8) is 0 Å². The number of carbonyl (C=O) groups excluding carboxylic acids is 1. The van der Waals surface area contributed by atoms with Crippen LogP contribution in [0.15, 0.2) is 67.3 Å². The number of benzene rings is 1. The van der Waals surface area contributed by atoms with Crippen molar-refractivity contribution < 1.29 is 9.18 Å². The van der Waals surface area contributed by atoms with Crippen molar-refractivity contribution >= 4 is 33.5 Å². The number of aromatic amines is 2. The summed E-state index contributed by atoms with van der Waals surface area (Å²) in [6.07, 6.45) is 7.82. The number of aromatic nitrogens is 7. The van der Waals surface area contributed by atoms with Crippen LogP contribution in [-0.2, 0) is 4.79 Å². The molecule has 5 aromatic heterocycles. The van der Waals surface area contributed by atoms with Crippen molar-refractivity contribution in [2.24, 2.45) is 0 Å². The summed E-state index contributed by atoms with van der Waals surface area (Å²) < 4.78 is 14.5. The molecule has 1 amide bonds. The maximum atomic E-state index is 14.5. The Morgan fingerprint density at radius 1 is 1.03 bits per heavy atom. The number of pyridine rings is 3. The van der Waals surface area contributed by atoms with Crippen molar-refractivity contribution in [3.05, 3.63) is 73.1 Å². The van der Waals surface area contributed by atoms with Gasteiger partial charge in [0.05, 0.1) is 34.8 Å². The minimum Gasteiger partial charge on any atom is -0.336 e. The van der Waals surface area contributed by atoms with Crippen LogP contribution in [0.4, 0.5) is 10.1 Å². The Kier molecular flexibility index (Phi) is 5.61. The number of imidazole rings is 1. The lowest BCUT2D eigenvalue weighted by molar-refractivity contribution is -0.116. The van der Waals surface area contributed by atoms with Crippen LogP contribution in [-0.4, -0.2) is 41.0 Å². The summed E-state index contributed by atoms with van der Waals surface area (Å²) in [5, 5.41) is 11.1. The molecule has 6 rings (SSSR count). The fraction of sp³-hybridized carbons (Fsp3) is 0.111. The van der Waals surface area contributed by atoms with Gasteiger partial charge < -0.3 is 10.3 Å². The molecule has 0 spiro atoms. The molecule has 6 aromatic rings. The van der Waals surface area contributed by atoms with Crippen LogP contribution < -0.4 is 5.32 Å². The summed E-state index contributed by atoms with van der Waals surface area (Å²) in [6, 6.07) is 12.0. The number of amides is 1. The minimum atomic E-state index is -0.366. The monoisotopic (exact) mass is 492 g/mol. The molecular formula is C27H21FN8O. The van der Waals surface area contributed by atoms with E-state index < -0.39 is 0 Å². The Bertz CT molecular complexity index is 1770. The highest BCUT2D eigenvalue weighted by Crippen LogP contribution is 2.32. The predicted molar refractivity (Wildman–Crippen MR) is 139 cm³/mol. The Labute approximate surface area is 210 Å². The lowest BCUT2D eigenvalue weighted by Crippen LogP contribution is -2.10. The molecule has 37 heavy (non-hydrogen) atoms. The molecule has 182 valence electrons. The second-order valence-corrected chi connectivity index (χ2v) is 8.57. The molecule has 1 aromatic carbocycles. The first kappa shape index (κ1) is 22.5. The smallest absolute Gasteiger partial charge is 0.224 e. The van der Waals surface area contributed by atoms with Gasteiger partial charge in [-0.15, -0.1) is 0 Å². The van der Waals surface area contributed by atoms with Crippen LogP contribution in [0.1, 0.15) is 19.8 Å². The molecule has 9 nitrogen and oxygen atoms in total. The molecule has 10 heteroatoms. The first-order valence-corrected chi connectivity index (χ1v) is 11.8. The molecule has 5 heterocycles. The van der Waals surface area contributed by atoms with Gasteiger partial charge in [0.2, 0.25) is 5.91 Å². The highest BCUT2D eigenvalue weighted by Gasteiger charge is 2.18. The first-order chi connectivity index (χ1) is 18.1. The predicted octanol–water partition coefficient (Wildman–Crippen LogP) is 5.50. The van der Waals surface area contributed by atoms with Gasteiger partial charge in [0.15, 0.2) is 5.82 Å². The van der Waals surface area contributed by atoms with Crippen molar-refractivity contribution in [1.82, 2.24) is 35.1 Å². The van der Waals surface area contributed by atoms with E-state index in [0.717, 1.165) is 22.9 Å². The highest BCUT2D eigenvalue weighted by molar-refractivity contribution is 5.97. The van der Waals surface area contributed by atoms with Gasteiger partial charge >= 0.3 is 0 Å². The number of fused-ring (bicyclic) bond motifs is 2. The summed E-state index contributed by atoms with van der Waals surface area (Å²) in [5.41, 5.74) is 5.44. The van der Waals surface area contributed by atoms with E-state index in [9.17, 15) is 9.18 Å². The van der Waals surface area contributed by atoms with Crippen LogP contribution in [0.3, 0.4) is 0 Å². The number of hydrogen-bond donors (Lipinski definition) is 3. The van der Waals surface area contributed by atoms with Crippen molar-refractivity contribution in [2.75, 3.05) is 5.32 Å². The van der Waals surface area contributed by atoms with Crippen molar-refractivity contribution in [2.45, 2.75) is 19.8 Å². The zero-order valence-electron chi connectivity index (χ0n) is 19.8. The Balaban J connectivity index is 1.41. The lowest BCUT2D eigenvalue weighted by atomic mass is 10.1. The molecule has 0 saturated heterocycles. The second-order valence-electron chi connectivity index (χ2n) is 8.57. The highest BCUT2D eigenvalue weighted by atomic mass is 19.1. The average molecular weight is 493 g/mol. The SMILES string of the molecule is CCCC(=O)Nc1cncc(-c2cc3c(-c4nc5c(-c6ccccc6F)nccc5[nH]4)n[nH]c3cn2)c1. The van der Waals surface area contributed by atoms with Gasteiger partial charge in [-0.2, -0.15) is 5.10 Å². The van der Waals surface area contributed by atoms with E-state index in [2.05, 4.69) is 35.5 Å². The molecule has 0 aliphatic rings. The molecule has 0 radical (unpaired) electrons. The lowest BCUT2D eigenvalue weighted by Gasteiger charge is -2.06. The molecule has 0 saturated carbocycles. The third-order valence-corrected chi connectivity index (χ3v) is 6.00. The van der Waals surface area contributed by atoms with Crippen molar-refractivity contribution in [3.8, 4) is 34.0 Å². The zero-order chi connectivity index (χ0) is 25.4. The molecular weight excluding hydrogens is 471 g/mol. The maximum absolute atomic E-state index is 14.5. The van der Waals surface area contributed by atoms with Gasteiger partial charge in [-0.05, 0) is 36.8 Å². The van der Waals surface area contributed by atoms with Gasteiger partial charge in [-0.3, -0.25) is 24.8 Å². The molecule has 0 bridgehead atoms. The van der Waals surface area contributed by atoms with Crippen LogP contribution in [0.2, 0.25) is 0 Å². The summed E-state index contributed by atoms with van der Waals surface area (Å²) in [6.45, 7) is 1.95. The van der Waals surface area contributed by atoms with Crippen LogP contribution in [0.5, 0.6) is 0 Å². The summed E-state index contributed by atoms with van der Waals surface area (Å²) in [7, 11) is 0. The van der Waals surface area contributed by atoms with E-state index in [4.69, 9.17) is 4.98 Å². The Morgan fingerprint density at radius 2 is 1.92 bits per heavy atom. The average Bonchev–Trinajstić information content (AvgIpc) is 3.53. The van der Waals surface area contributed by atoms with E-state index in [1.807, 2.05) is 19.1 Å². The second kappa shape index (κ2) is 9.23. The Hall–Kier alpha value is -4.99. The van der Waals surface area contributed by atoms with Gasteiger partial charge in [0.1, 0.15) is 22.7 Å². The van der Waals surface area contributed by atoms with Crippen LogP contribution in [0.25, 0.3) is 56.0 Å². The summed E-state index contributed by atoms with van der Waals surface area (Å²) in [5.74, 6) is 0.0912. The number of halogens is 1. The van der Waals surface area contributed by atoms with Gasteiger partial charge in [0, 0.05) is 35.3 Å². The number of rotatable bonds is 6. The van der Waals surface area contributed by atoms with E-state index in [0.29, 0.717) is 51.6 Å². The van der Waals surface area contributed by atoms with Crippen molar-refractivity contribution in [1.29, 1.82) is 0 Å². The summed E-state index contributed by atoms with van der Waals surface area (Å²) >= 11 is 0. The number of nitrogens with zero attached hydrogens (tertiary/aromatic N) is 5. The third-order valence-electron chi connectivity index (χ3n) is 6.00. The molecule has 3 N–H and O–H groups in total. The minimum absolute atomic E-state index is 0.0592. The van der Waals surface area contributed by atoms with Crippen LogP contribution in [0, 0.1) is 5.82 Å².